The second-order valence-corrected chi connectivity index (χ2v) is 10.4. The fourth-order valence-electron chi connectivity index (χ4n) is 4.42. The van der Waals surface area contributed by atoms with Gasteiger partial charge in [-0.05, 0) is 46.5 Å². The number of hydrogen-bond donors (Lipinski definition) is 9. The second kappa shape index (κ2) is 16.6. The summed E-state index contributed by atoms with van der Waals surface area (Å²) in [5.74, 6) is -5.27. The summed E-state index contributed by atoms with van der Waals surface area (Å²) < 4.78 is 0. The van der Waals surface area contributed by atoms with Crippen LogP contribution < -0.4 is 33.2 Å². The lowest BCUT2D eigenvalue weighted by molar-refractivity contribution is -0.143. The van der Waals surface area contributed by atoms with Gasteiger partial charge in [-0.25, -0.2) is 4.79 Å². The zero-order valence-electron chi connectivity index (χ0n) is 22.4. The van der Waals surface area contributed by atoms with Crippen LogP contribution in [0.15, 0.2) is 36.4 Å². The van der Waals surface area contributed by atoms with Crippen molar-refractivity contribution in [3.05, 3.63) is 52.5 Å². The van der Waals surface area contributed by atoms with E-state index in [-0.39, 0.29) is 51.4 Å². The highest BCUT2D eigenvalue weighted by Crippen LogP contribution is 2.30. The fourth-order valence-corrected chi connectivity index (χ4v) is 4.62. The van der Waals surface area contributed by atoms with Crippen LogP contribution in [0.5, 0.6) is 5.75 Å². The smallest absolute Gasteiger partial charge is 0.326 e. The molecule has 0 aliphatic carbocycles. The van der Waals surface area contributed by atoms with E-state index in [0.29, 0.717) is 22.3 Å². The summed E-state index contributed by atoms with van der Waals surface area (Å²) in [7, 11) is 0. The Kier molecular flexibility index (Phi) is 14.2. The van der Waals surface area contributed by atoms with Gasteiger partial charge in [-0.15, -0.1) is 0 Å². The van der Waals surface area contributed by atoms with Crippen LogP contribution in [-0.4, -0.2) is 81.7 Å². The number of hydrogen-bond acceptors (Lipinski definition) is 9. The average molecular weight is 637 g/mol. The van der Waals surface area contributed by atoms with E-state index < -0.39 is 66.3 Å². The normalized spacial score (nSPS) is 19.7. The number of primary amides is 1. The number of nitrogens with one attached hydrogen (secondary N) is 3. The minimum absolute atomic E-state index is 0. The molecule has 15 heteroatoms. The predicted molar refractivity (Wildman–Crippen MR) is 164 cm³/mol. The van der Waals surface area contributed by atoms with Gasteiger partial charge >= 0.3 is 5.97 Å². The van der Waals surface area contributed by atoms with E-state index in [9.17, 15) is 39.3 Å². The summed E-state index contributed by atoms with van der Waals surface area (Å²) in [4.78, 5) is 62.8. The molecule has 0 radical (unpaired) electrons. The van der Waals surface area contributed by atoms with Gasteiger partial charge in [0.1, 0.15) is 23.9 Å². The van der Waals surface area contributed by atoms with Crippen molar-refractivity contribution in [3.8, 4) is 16.9 Å². The lowest BCUT2D eigenvalue weighted by Crippen LogP contribution is -2.58. The number of carbonyl (C=O) groups excluding carboxylic acids is 4. The van der Waals surface area contributed by atoms with E-state index in [2.05, 4.69) is 16.0 Å². The molecule has 4 bridgehead atoms. The zero-order valence-corrected chi connectivity index (χ0v) is 23.1. The molecule has 0 saturated heterocycles. The van der Waals surface area contributed by atoms with E-state index in [1.54, 1.807) is 30.3 Å². The molecule has 1 heterocycles. The van der Waals surface area contributed by atoms with E-state index in [0.717, 1.165) is 0 Å². The number of nitrogens with two attached hydrogens (primary N) is 3. The summed E-state index contributed by atoms with van der Waals surface area (Å²) in [5.41, 5.74) is 18.7. The van der Waals surface area contributed by atoms with Crippen LogP contribution in [0.1, 0.15) is 38.8 Å². The first-order valence-electron chi connectivity index (χ1n) is 13.0. The first-order chi connectivity index (χ1) is 19.8. The van der Waals surface area contributed by atoms with E-state index in [4.69, 9.17) is 28.8 Å². The maximum absolute atomic E-state index is 13.4. The van der Waals surface area contributed by atoms with Crippen molar-refractivity contribution in [3.63, 3.8) is 0 Å². The highest BCUT2D eigenvalue weighted by molar-refractivity contribution is 6.31. The Hall–Kier alpha value is -4.24. The van der Waals surface area contributed by atoms with Crippen molar-refractivity contribution in [2.24, 2.45) is 17.2 Å². The van der Waals surface area contributed by atoms with Crippen molar-refractivity contribution in [1.82, 2.24) is 16.0 Å². The predicted octanol–water partition coefficient (Wildman–Crippen LogP) is -0.465. The van der Waals surface area contributed by atoms with Crippen LogP contribution in [-0.2, 0) is 36.8 Å². The summed E-state index contributed by atoms with van der Waals surface area (Å²) in [6, 6.07) is 3.85. The van der Waals surface area contributed by atoms with Gasteiger partial charge in [0.05, 0.1) is 18.6 Å². The van der Waals surface area contributed by atoms with Crippen LogP contribution in [0.3, 0.4) is 0 Å². The summed E-state index contributed by atoms with van der Waals surface area (Å²) in [5, 5.41) is 37.4. The van der Waals surface area contributed by atoms with Crippen molar-refractivity contribution >= 4 is 41.2 Å². The number of amides is 4. The number of aliphatic carboxylic acids is 1. The van der Waals surface area contributed by atoms with Crippen molar-refractivity contribution < 1.29 is 39.3 Å². The summed E-state index contributed by atoms with van der Waals surface area (Å²) >= 11 is 6.44. The molecule has 0 saturated carbocycles. The van der Waals surface area contributed by atoms with Crippen molar-refractivity contribution in [1.29, 1.82) is 0 Å². The Bertz CT molecular complexity index is 1370. The highest BCUT2D eigenvalue weighted by atomic mass is 35.5. The molecule has 0 fully saturated rings. The summed E-state index contributed by atoms with van der Waals surface area (Å²) in [6.45, 7) is -0.244. The number of fused-ring (bicyclic) bond motifs is 5. The number of carboxylic acids is 1. The van der Waals surface area contributed by atoms with Crippen molar-refractivity contribution in [2.75, 3.05) is 6.54 Å². The van der Waals surface area contributed by atoms with Gasteiger partial charge < -0.3 is 48.5 Å². The molecule has 2 aromatic rings. The molecule has 1 aliphatic heterocycles. The van der Waals surface area contributed by atoms with E-state index in [1.807, 2.05) is 0 Å². The minimum atomic E-state index is -1.69. The van der Waals surface area contributed by atoms with Gasteiger partial charge in [-0.1, -0.05) is 38.6 Å². The molecule has 3 rings (SSSR count). The Morgan fingerprint density at radius 3 is 2.20 bits per heavy atom. The molecular weight excluding hydrogens is 596 g/mol. The first-order valence-corrected chi connectivity index (χ1v) is 13.3. The van der Waals surface area contributed by atoms with E-state index in [1.165, 1.54) is 6.07 Å². The maximum Gasteiger partial charge on any atom is 0.326 e. The number of aromatic hydroxyl groups is 1. The number of halogens is 1. The lowest BCUT2D eigenvalue weighted by atomic mass is 9.96. The molecule has 12 N–H and O–H groups in total. The molecule has 242 valence electrons. The number of aliphatic hydroxyl groups excluding tert-OH is 1. The third-order valence-electron chi connectivity index (χ3n) is 6.72. The van der Waals surface area contributed by atoms with E-state index >= 15 is 0 Å². The fraction of sp³-hybridized carbons (Fsp3) is 0.414. The molecule has 1 aliphatic rings. The molecule has 0 spiro atoms. The summed E-state index contributed by atoms with van der Waals surface area (Å²) in [6.07, 6.45) is -2.60. The monoisotopic (exact) mass is 636 g/mol. The van der Waals surface area contributed by atoms with Gasteiger partial charge in [0, 0.05) is 30.8 Å². The van der Waals surface area contributed by atoms with Gasteiger partial charge in [0.2, 0.25) is 23.6 Å². The number of phenolic OH excluding ortho intramolecular Hbond substituents is 1. The first kappa shape index (κ1) is 37.8. The molecule has 2 aromatic carbocycles. The van der Waals surface area contributed by atoms with Gasteiger partial charge in [0.25, 0.3) is 0 Å². The van der Waals surface area contributed by atoms with Gasteiger partial charge in [0.15, 0.2) is 0 Å². The lowest BCUT2D eigenvalue weighted by Gasteiger charge is -2.26. The maximum atomic E-state index is 13.4. The standard InChI is InChI=1S/C27H33ClN6O8.2CH4/c28-17-3-1-12-5-14(17)8-19(25(39)34-21(27(41)42)10-23(31)37)33-26(40)20(9-16(35)11-29)32-24(38)18(30)7-15-6-13(12)2-4-22(15)36;;/h1-6,16,18-21,35-36H,7-11,29-30H2,(H2,31,37)(H,32,38)(H,33,40)(H,34,39)(H,41,42);2*1H4/t16-,18+,19+,20+,21+;;/m1../s1. The van der Waals surface area contributed by atoms with Gasteiger partial charge in [-0.3, -0.25) is 19.2 Å². The molecule has 44 heavy (non-hydrogen) atoms. The van der Waals surface area contributed by atoms with Crippen LogP contribution in [0.2, 0.25) is 5.02 Å². The number of rotatable bonds is 8. The molecular formula is C29H41ClN6O8. The molecule has 4 amide bonds. The van der Waals surface area contributed by atoms with Crippen LogP contribution in [0.4, 0.5) is 0 Å². The average Bonchev–Trinajstić information content (AvgIpc) is 2.93. The number of phenols is 1. The van der Waals surface area contributed by atoms with Crippen LogP contribution in [0.25, 0.3) is 11.1 Å². The van der Waals surface area contributed by atoms with Crippen LogP contribution >= 0.6 is 11.6 Å². The Morgan fingerprint density at radius 1 is 1.00 bits per heavy atom. The second-order valence-electron chi connectivity index (χ2n) is 9.98. The third kappa shape index (κ3) is 9.91. The molecule has 0 unspecified atom stereocenters. The SMILES string of the molecule is C.C.NC[C@H](O)C[C@@H]1NC(=O)[C@@H](N)Cc2cc(ccc2O)-c2ccc(Cl)c(c2)C[C@@H](C(=O)N[C@@H](CC(N)=O)C(=O)O)NC1=O. The minimum Gasteiger partial charge on any atom is -0.508 e. The number of aliphatic hydroxyl groups is 1. The van der Waals surface area contributed by atoms with Crippen molar-refractivity contribution in [2.45, 2.75) is 70.8 Å². The number of benzene rings is 2. The van der Waals surface area contributed by atoms with Gasteiger partial charge in [-0.2, -0.15) is 0 Å². The zero-order chi connectivity index (χ0) is 31.1. The molecule has 5 atom stereocenters. The molecule has 14 nitrogen and oxygen atoms in total. The Morgan fingerprint density at radius 2 is 1.61 bits per heavy atom. The quantitative estimate of drug-likeness (QED) is 0.180. The van der Waals surface area contributed by atoms with Crippen LogP contribution in [0, 0.1) is 0 Å². The Balaban J connectivity index is 0.00000484. The third-order valence-corrected chi connectivity index (χ3v) is 7.09. The largest absolute Gasteiger partial charge is 0.508 e. The Labute approximate surface area is 260 Å². The highest BCUT2D eigenvalue weighted by Gasteiger charge is 2.32. The number of carboxylic acid groups (broad SMARTS) is 1. The molecule has 0 aromatic heterocycles. The number of carbonyl (C=O) groups is 5. The topological polar surface area (TPSA) is 260 Å².